The molecular weight excluding hydrogens is 331 g/mol. The number of hydrogen-bond acceptors (Lipinski definition) is 3. The van der Waals surface area contributed by atoms with E-state index >= 15 is 0 Å². The average Bonchev–Trinajstić information content (AvgIpc) is 2.15. The van der Waals surface area contributed by atoms with Crippen LogP contribution in [0, 0.1) is 3.57 Å². The van der Waals surface area contributed by atoms with Gasteiger partial charge in [0.15, 0.2) is 0 Å². The van der Waals surface area contributed by atoms with Crippen molar-refractivity contribution in [1.82, 2.24) is 0 Å². The maximum atomic E-state index is 5.78. The third-order valence-electron chi connectivity index (χ3n) is 2.74. The summed E-state index contributed by atoms with van der Waals surface area (Å²) in [5.74, 6) is 1.20. The highest BCUT2D eigenvalue weighted by molar-refractivity contribution is 14.1. The molecule has 1 saturated heterocycles. The summed E-state index contributed by atoms with van der Waals surface area (Å²) in [6.07, 6.45) is 0. The molecule has 2 rings (SSSR count). The van der Waals surface area contributed by atoms with Gasteiger partial charge in [0.1, 0.15) is 0 Å². The van der Waals surface area contributed by atoms with Gasteiger partial charge in [0.2, 0.25) is 0 Å². The van der Waals surface area contributed by atoms with E-state index in [9.17, 15) is 0 Å². The molecule has 1 aromatic carbocycles. The number of benzene rings is 1. The lowest BCUT2D eigenvalue weighted by molar-refractivity contribution is 0.647. The second kappa shape index (κ2) is 4.64. The molecule has 2 nitrogen and oxygen atoms in total. The Kier molecular flexibility index (Phi) is 3.59. The lowest BCUT2D eigenvalue weighted by Gasteiger charge is -2.39. The van der Waals surface area contributed by atoms with E-state index in [4.69, 9.17) is 5.73 Å². The van der Waals surface area contributed by atoms with Crippen LogP contribution in [-0.4, -0.2) is 23.6 Å². The zero-order valence-corrected chi connectivity index (χ0v) is 12.6. The van der Waals surface area contributed by atoms with Gasteiger partial charge >= 0.3 is 0 Å². The largest absolute Gasteiger partial charge is 0.399 e. The SMILES string of the molecule is CC1(C)CN(c2ccc(N)cc2I)CCS1. The zero-order valence-electron chi connectivity index (χ0n) is 9.66. The van der Waals surface area contributed by atoms with E-state index in [-0.39, 0.29) is 0 Å². The highest BCUT2D eigenvalue weighted by Gasteiger charge is 2.27. The normalized spacial score (nSPS) is 19.8. The van der Waals surface area contributed by atoms with Gasteiger partial charge < -0.3 is 10.6 Å². The van der Waals surface area contributed by atoms with E-state index in [1.54, 1.807) is 0 Å². The Bertz CT molecular complexity index is 393. The average molecular weight is 348 g/mol. The summed E-state index contributed by atoms with van der Waals surface area (Å²) in [5.41, 5.74) is 7.95. The third kappa shape index (κ3) is 2.77. The molecule has 1 aliphatic rings. The first-order valence-corrected chi connectivity index (χ1v) is 7.48. The fourth-order valence-electron chi connectivity index (χ4n) is 2.00. The molecule has 1 aliphatic heterocycles. The van der Waals surface area contributed by atoms with Gasteiger partial charge in [-0.15, -0.1) is 0 Å². The minimum atomic E-state index is 0.350. The van der Waals surface area contributed by atoms with E-state index in [0.29, 0.717) is 4.75 Å². The van der Waals surface area contributed by atoms with Crippen molar-refractivity contribution in [3.05, 3.63) is 21.8 Å². The van der Waals surface area contributed by atoms with E-state index in [0.717, 1.165) is 18.8 Å². The molecule has 0 bridgehead atoms. The van der Waals surface area contributed by atoms with Crippen molar-refractivity contribution in [2.45, 2.75) is 18.6 Å². The molecule has 0 aliphatic carbocycles. The molecule has 0 saturated carbocycles. The predicted molar refractivity (Wildman–Crippen MR) is 82.3 cm³/mol. The Labute approximate surface area is 115 Å². The van der Waals surface area contributed by atoms with Crippen LogP contribution in [0.1, 0.15) is 13.8 Å². The van der Waals surface area contributed by atoms with Crippen molar-refractivity contribution in [3.63, 3.8) is 0 Å². The molecule has 0 aromatic heterocycles. The minimum Gasteiger partial charge on any atom is -0.399 e. The summed E-state index contributed by atoms with van der Waals surface area (Å²) in [6.45, 7) is 6.87. The molecule has 2 N–H and O–H groups in total. The van der Waals surface area contributed by atoms with Crippen LogP contribution >= 0.6 is 34.4 Å². The van der Waals surface area contributed by atoms with Crippen LogP contribution in [0.25, 0.3) is 0 Å². The summed E-state index contributed by atoms with van der Waals surface area (Å²) in [4.78, 5) is 2.47. The molecular formula is C12H17IN2S. The van der Waals surface area contributed by atoms with Gasteiger partial charge in [-0.1, -0.05) is 0 Å². The third-order valence-corrected chi connectivity index (χ3v) is 4.90. The van der Waals surface area contributed by atoms with Crippen molar-refractivity contribution in [2.24, 2.45) is 0 Å². The number of halogens is 1. The minimum absolute atomic E-state index is 0.350. The molecule has 1 aromatic rings. The highest BCUT2D eigenvalue weighted by atomic mass is 127. The molecule has 88 valence electrons. The number of nitrogens with two attached hydrogens (primary N) is 1. The summed E-state index contributed by atoms with van der Waals surface area (Å²) in [6, 6.07) is 6.18. The van der Waals surface area contributed by atoms with Crippen LogP contribution in [-0.2, 0) is 0 Å². The van der Waals surface area contributed by atoms with Gasteiger partial charge in [0.25, 0.3) is 0 Å². The maximum Gasteiger partial charge on any atom is 0.0504 e. The number of nitrogen functional groups attached to an aromatic ring is 1. The molecule has 0 unspecified atom stereocenters. The van der Waals surface area contributed by atoms with Crippen molar-refractivity contribution in [3.8, 4) is 0 Å². The van der Waals surface area contributed by atoms with Crippen molar-refractivity contribution < 1.29 is 0 Å². The first-order chi connectivity index (χ1) is 7.48. The topological polar surface area (TPSA) is 29.3 Å². The lowest BCUT2D eigenvalue weighted by atomic mass is 10.1. The van der Waals surface area contributed by atoms with E-state index in [1.165, 1.54) is 15.0 Å². The number of thioether (sulfide) groups is 1. The van der Waals surface area contributed by atoms with Crippen LogP contribution in [0.5, 0.6) is 0 Å². The summed E-state index contributed by atoms with van der Waals surface area (Å²) in [5, 5.41) is 0. The van der Waals surface area contributed by atoms with Crippen LogP contribution in [0.3, 0.4) is 0 Å². The number of nitrogens with zero attached hydrogens (tertiary/aromatic N) is 1. The first-order valence-electron chi connectivity index (χ1n) is 5.42. The number of rotatable bonds is 1. The Morgan fingerprint density at radius 1 is 1.44 bits per heavy atom. The first kappa shape index (κ1) is 12.4. The summed E-state index contributed by atoms with van der Waals surface area (Å²) < 4.78 is 1.60. The Balaban J connectivity index is 2.23. The fraction of sp³-hybridized carbons (Fsp3) is 0.500. The van der Waals surface area contributed by atoms with Crippen molar-refractivity contribution in [1.29, 1.82) is 0 Å². The van der Waals surface area contributed by atoms with E-state index < -0.39 is 0 Å². The standard InChI is InChI=1S/C12H17IN2S/c1-12(2)8-15(5-6-16-12)11-4-3-9(14)7-10(11)13/h3-4,7H,5-6,8,14H2,1-2H3. The molecule has 0 amide bonds. The quantitative estimate of drug-likeness (QED) is 0.624. The van der Waals surface area contributed by atoms with Gasteiger partial charge in [-0.2, -0.15) is 11.8 Å². The van der Waals surface area contributed by atoms with E-state index in [2.05, 4.69) is 59.2 Å². The maximum absolute atomic E-state index is 5.78. The van der Waals surface area contributed by atoms with Crippen LogP contribution in [0.15, 0.2) is 18.2 Å². The van der Waals surface area contributed by atoms with Gasteiger partial charge in [-0.3, -0.25) is 0 Å². The van der Waals surface area contributed by atoms with Crippen LogP contribution in [0.2, 0.25) is 0 Å². The van der Waals surface area contributed by atoms with Gasteiger partial charge in [-0.25, -0.2) is 0 Å². The number of anilines is 2. The molecule has 0 atom stereocenters. The molecule has 1 fully saturated rings. The van der Waals surface area contributed by atoms with Gasteiger partial charge in [-0.05, 0) is 54.6 Å². The second-order valence-electron chi connectivity index (χ2n) is 4.74. The van der Waals surface area contributed by atoms with Crippen LogP contribution in [0.4, 0.5) is 11.4 Å². The summed E-state index contributed by atoms with van der Waals surface area (Å²) in [7, 11) is 0. The van der Waals surface area contributed by atoms with Gasteiger partial charge in [0, 0.05) is 32.8 Å². The monoisotopic (exact) mass is 348 g/mol. The molecule has 1 heterocycles. The smallest absolute Gasteiger partial charge is 0.0504 e. The Hall–Kier alpha value is -0.100. The van der Waals surface area contributed by atoms with Crippen molar-refractivity contribution in [2.75, 3.05) is 29.5 Å². The molecule has 0 radical (unpaired) electrons. The van der Waals surface area contributed by atoms with Crippen LogP contribution < -0.4 is 10.6 Å². The fourth-order valence-corrected chi connectivity index (χ4v) is 3.99. The highest BCUT2D eigenvalue weighted by Crippen LogP contribution is 2.34. The molecule has 4 heteroatoms. The molecule has 0 spiro atoms. The zero-order chi connectivity index (χ0) is 11.8. The van der Waals surface area contributed by atoms with E-state index in [1.807, 2.05) is 12.1 Å². The molecule has 16 heavy (non-hydrogen) atoms. The Morgan fingerprint density at radius 3 is 2.81 bits per heavy atom. The Morgan fingerprint density at radius 2 is 2.19 bits per heavy atom. The second-order valence-corrected chi connectivity index (χ2v) is 7.70. The van der Waals surface area contributed by atoms with Gasteiger partial charge in [0.05, 0.1) is 5.69 Å². The number of hydrogen-bond donors (Lipinski definition) is 1. The van der Waals surface area contributed by atoms with Crippen molar-refractivity contribution >= 4 is 45.7 Å². The predicted octanol–water partition coefficient (Wildman–Crippen LogP) is 3.21. The summed E-state index contributed by atoms with van der Waals surface area (Å²) >= 11 is 4.43. The lowest BCUT2D eigenvalue weighted by Crippen LogP contribution is -2.43.